The fourth-order valence-electron chi connectivity index (χ4n) is 5.89. The molecular weight excluding hydrogens is 400 g/mol. The maximum absolute atomic E-state index is 13.1. The van der Waals surface area contributed by atoms with Crippen LogP contribution in [0.3, 0.4) is 0 Å². The molecule has 32 heavy (non-hydrogen) atoms. The van der Waals surface area contributed by atoms with Crippen molar-refractivity contribution in [2.45, 2.75) is 42.7 Å². The van der Waals surface area contributed by atoms with E-state index in [0.717, 1.165) is 35.7 Å². The van der Waals surface area contributed by atoms with Crippen LogP contribution in [0, 0.1) is 0 Å². The minimum Gasteiger partial charge on any atom is -0.508 e. The highest BCUT2D eigenvalue weighted by atomic mass is 16.3. The van der Waals surface area contributed by atoms with Crippen LogP contribution in [0.4, 0.5) is 0 Å². The number of carbonyl (C=O) groups is 1. The summed E-state index contributed by atoms with van der Waals surface area (Å²) in [6.45, 7) is 1.46. The van der Waals surface area contributed by atoms with Gasteiger partial charge in [0.15, 0.2) is 0 Å². The Bertz CT molecular complexity index is 1160. The molecule has 5 rings (SSSR count). The third kappa shape index (κ3) is 3.55. The number of nitrogens with zero attached hydrogens (tertiary/aromatic N) is 1. The highest BCUT2D eigenvalue weighted by Crippen LogP contribution is 2.51. The number of fused-ring (bicyclic) bond motifs is 2. The average Bonchev–Trinajstić information content (AvgIpc) is 2.79. The quantitative estimate of drug-likeness (QED) is 0.591. The number of phenolic OH excluding ortho intramolecular Hbond substituents is 1. The van der Waals surface area contributed by atoms with Crippen molar-refractivity contribution < 1.29 is 15.0 Å². The molecule has 166 valence electrons. The zero-order valence-electron chi connectivity index (χ0n) is 18.4. The van der Waals surface area contributed by atoms with Crippen molar-refractivity contribution in [1.82, 2.24) is 10.2 Å². The van der Waals surface area contributed by atoms with Gasteiger partial charge in [0, 0.05) is 23.6 Å². The fraction of sp³-hybridized carbons (Fsp3) is 0.370. The lowest BCUT2D eigenvalue weighted by Gasteiger charge is -2.57. The number of piperidine rings is 1. The Balaban J connectivity index is 1.43. The Labute approximate surface area is 188 Å². The van der Waals surface area contributed by atoms with Gasteiger partial charge in [-0.1, -0.05) is 42.5 Å². The zero-order valence-corrected chi connectivity index (χ0v) is 18.4. The van der Waals surface area contributed by atoms with Crippen LogP contribution in [-0.4, -0.2) is 52.8 Å². The summed E-state index contributed by atoms with van der Waals surface area (Å²) in [7, 11) is 2.04. The molecule has 2 aliphatic rings. The van der Waals surface area contributed by atoms with Gasteiger partial charge in [-0.25, -0.2) is 0 Å². The zero-order chi connectivity index (χ0) is 22.3. The lowest BCUT2D eigenvalue weighted by Crippen LogP contribution is -2.66. The van der Waals surface area contributed by atoms with Gasteiger partial charge in [0.2, 0.25) is 0 Å². The molecule has 0 unspecified atom stereocenters. The molecule has 1 aliphatic heterocycles. The molecule has 1 saturated heterocycles. The van der Waals surface area contributed by atoms with Crippen LogP contribution in [0.5, 0.6) is 5.75 Å². The van der Waals surface area contributed by atoms with Crippen LogP contribution in [0.2, 0.25) is 0 Å². The number of benzene rings is 3. The number of hydrogen-bond acceptors (Lipinski definition) is 4. The number of rotatable bonds is 3. The first-order chi connectivity index (χ1) is 15.4. The van der Waals surface area contributed by atoms with Gasteiger partial charge in [-0.15, -0.1) is 0 Å². The predicted molar refractivity (Wildman–Crippen MR) is 126 cm³/mol. The van der Waals surface area contributed by atoms with Crippen LogP contribution < -0.4 is 5.32 Å². The Hall–Kier alpha value is -2.89. The lowest BCUT2D eigenvalue weighted by molar-refractivity contribution is -0.121. The monoisotopic (exact) mass is 430 g/mol. The largest absolute Gasteiger partial charge is 0.508 e. The normalized spacial score (nSPS) is 28.2. The number of amides is 1. The van der Waals surface area contributed by atoms with Crippen LogP contribution in [-0.2, 0) is 5.41 Å². The summed E-state index contributed by atoms with van der Waals surface area (Å²) in [5, 5.41) is 27.4. The molecule has 1 amide bonds. The smallest absolute Gasteiger partial charge is 0.251 e. The highest BCUT2D eigenvalue weighted by Gasteiger charge is 2.57. The predicted octanol–water partition coefficient (Wildman–Crippen LogP) is 3.83. The van der Waals surface area contributed by atoms with Crippen molar-refractivity contribution in [3.05, 3.63) is 77.9 Å². The molecule has 0 aromatic heterocycles. The molecule has 5 nitrogen and oxygen atoms in total. The van der Waals surface area contributed by atoms with Gasteiger partial charge < -0.3 is 20.4 Å². The summed E-state index contributed by atoms with van der Waals surface area (Å²) in [5.74, 6) is 0.130. The van der Waals surface area contributed by atoms with Gasteiger partial charge in [0.1, 0.15) is 5.75 Å². The van der Waals surface area contributed by atoms with Crippen molar-refractivity contribution in [3.63, 3.8) is 0 Å². The number of β-amino-alcohol motifs (C(OH)–C–C–N with tert-alkyl or cyclic N) is 1. The lowest BCUT2D eigenvalue weighted by atomic mass is 9.55. The van der Waals surface area contributed by atoms with Gasteiger partial charge in [-0.05, 0) is 79.9 Å². The van der Waals surface area contributed by atoms with E-state index in [1.54, 1.807) is 12.1 Å². The van der Waals surface area contributed by atoms with Crippen molar-refractivity contribution in [3.8, 4) is 5.75 Å². The van der Waals surface area contributed by atoms with E-state index in [0.29, 0.717) is 24.9 Å². The molecule has 3 aromatic rings. The van der Waals surface area contributed by atoms with Crippen LogP contribution in [0.25, 0.3) is 10.8 Å². The number of nitrogens with one attached hydrogen (secondary N) is 1. The topological polar surface area (TPSA) is 72.8 Å². The molecular formula is C27H30N2O3. The Morgan fingerprint density at radius 3 is 2.66 bits per heavy atom. The first-order valence-electron chi connectivity index (χ1n) is 11.4. The van der Waals surface area contributed by atoms with Crippen molar-refractivity contribution in [2.24, 2.45) is 0 Å². The molecule has 0 radical (unpaired) electrons. The summed E-state index contributed by atoms with van der Waals surface area (Å²) in [6, 6.07) is 21.1. The Morgan fingerprint density at radius 1 is 1.03 bits per heavy atom. The van der Waals surface area contributed by atoms with Crippen molar-refractivity contribution >= 4 is 16.7 Å². The Morgan fingerprint density at radius 2 is 1.84 bits per heavy atom. The first-order valence-corrected chi connectivity index (χ1v) is 11.4. The van der Waals surface area contributed by atoms with Crippen molar-refractivity contribution in [1.29, 1.82) is 0 Å². The van der Waals surface area contributed by atoms with Gasteiger partial charge in [-0.3, -0.25) is 4.79 Å². The molecule has 2 fully saturated rings. The van der Waals surface area contributed by atoms with Gasteiger partial charge in [0.05, 0.1) is 5.60 Å². The van der Waals surface area contributed by atoms with E-state index in [9.17, 15) is 15.0 Å². The molecule has 1 saturated carbocycles. The fourth-order valence-corrected chi connectivity index (χ4v) is 5.89. The van der Waals surface area contributed by atoms with Crippen molar-refractivity contribution in [2.75, 3.05) is 20.1 Å². The molecule has 1 heterocycles. The molecule has 3 atom stereocenters. The average molecular weight is 431 g/mol. The number of hydrogen-bond donors (Lipinski definition) is 3. The summed E-state index contributed by atoms with van der Waals surface area (Å²) in [6.07, 6.45) is 2.77. The number of aliphatic hydroxyl groups is 1. The van der Waals surface area contributed by atoms with Gasteiger partial charge in [0.25, 0.3) is 5.91 Å². The van der Waals surface area contributed by atoms with E-state index in [1.165, 1.54) is 0 Å². The number of likely N-dealkylation sites (tertiary alicyclic amines) is 1. The van der Waals surface area contributed by atoms with E-state index in [2.05, 4.69) is 10.2 Å². The van der Waals surface area contributed by atoms with Crippen LogP contribution >= 0.6 is 0 Å². The number of likely N-dealkylation sites (N-methyl/N-ethyl adjacent to an activating group) is 1. The molecule has 5 heteroatoms. The van der Waals surface area contributed by atoms with E-state index in [1.807, 2.05) is 61.6 Å². The summed E-state index contributed by atoms with van der Waals surface area (Å²) >= 11 is 0. The Kier molecular flexibility index (Phi) is 5.19. The SMILES string of the molecule is CN1CC[C@@]2(c3cccc(O)c3)C[C@H](NC(=O)c3ccc4ccccc4c3)CC[C@]2(O)C1. The number of aromatic hydroxyl groups is 1. The van der Waals surface area contributed by atoms with E-state index in [-0.39, 0.29) is 17.7 Å². The second-order valence-corrected chi connectivity index (χ2v) is 9.63. The first kappa shape index (κ1) is 21.0. The molecule has 3 N–H and O–H groups in total. The van der Waals surface area contributed by atoms with E-state index in [4.69, 9.17) is 0 Å². The second kappa shape index (κ2) is 7.91. The molecule has 3 aromatic carbocycles. The molecule has 0 spiro atoms. The maximum atomic E-state index is 13.1. The summed E-state index contributed by atoms with van der Waals surface area (Å²) < 4.78 is 0. The van der Waals surface area contributed by atoms with E-state index >= 15 is 0 Å². The minimum atomic E-state index is -0.891. The summed E-state index contributed by atoms with van der Waals surface area (Å²) in [4.78, 5) is 15.3. The van der Waals surface area contributed by atoms with Crippen LogP contribution in [0.15, 0.2) is 66.7 Å². The third-order valence-electron chi connectivity index (χ3n) is 7.59. The van der Waals surface area contributed by atoms with Gasteiger partial charge >= 0.3 is 0 Å². The highest BCUT2D eigenvalue weighted by molar-refractivity contribution is 5.98. The third-order valence-corrected chi connectivity index (χ3v) is 7.59. The number of carbonyl (C=O) groups excluding carboxylic acids is 1. The van der Waals surface area contributed by atoms with Crippen LogP contribution in [0.1, 0.15) is 41.6 Å². The molecule has 1 aliphatic carbocycles. The van der Waals surface area contributed by atoms with E-state index < -0.39 is 11.0 Å². The minimum absolute atomic E-state index is 0.0417. The summed E-state index contributed by atoms with van der Waals surface area (Å²) in [5.41, 5.74) is 0.215. The maximum Gasteiger partial charge on any atom is 0.251 e. The second-order valence-electron chi connectivity index (χ2n) is 9.63. The van der Waals surface area contributed by atoms with Gasteiger partial charge in [-0.2, -0.15) is 0 Å². The standard InChI is InChI=1S/C27H30N2O3/c1-29-14-13-26(22-7-4-8-24(30)16-22)17-23(11-12-27(26,32)18-29)28-25(31)21-10-9-19-5-2-3-6-20(19)15-21/h2-10,15-16,23,30,32H,11-14,17-18H2,1H3,(H,28,31)/t23-,26+,27+/m1/s1. The molecule has 0 bridgehead atoms. The number of phenols is 1.